The average molecular weight is 374 g/mol. The lowest BCUT2D eigenvalue weighted by atomic mass is 9.99. The molecule has 0 bridgehead atoms. The second-order valence-corrected chi connectivity index (χ2v) is 7.80. The van der Waals surface area contributed by atoms with Crippen molar-refractivity contribution in [2.24, 2.45) is 5.92 Å². The van der Waals surface area contributed by atoms with Crippen molar-refractivity contribution in [1.29, 1.82) is 0 Å². The maximum Gasteiger partial charge on any atom is 0.417 e. The molecule has 0 aliphatic carbocycles. The highest BCUT2D eigenvalue weighted by molar-refractivity contribution is 5.97. The summed E-state index contributed by atoms with van der Waals surface area (Å²) in [4.78, 5) is 38.1. The number of hydrogen-bond acceptors (Lipinski definition) is 6. The Morgan fingerprint density at radius 1 is 1.30 bits per heavy atom. The van der Waals surface area contributed by atoms with Gasteiger partial charge >= 0.3 is 6.09 Å². The molecule has 0 saturated carbocycles. The largest absolute Gasteiger partial charge is 0.483 e. The zero-order valence-electron chi connectivity index (χ0n) is 15.4. The Labute approximate surface area is 157 Å². The number of hydrogen-bond donors (Lipinski definition) is 0. The van der Waals surface area contributed by atoms with E-state index >= 15 is 0 Å². The van der Waals surface area contributed by atoms with Gasteiger partial charge in [0.15, 0.2) is 24.7 Å². The topological polar surface area (TPSA) is 85.4 Å². The monoisotopic (exact) mass is 374 g/mol. The van der Waals surface area contributed by atoms with Crippen molar-refractivity contribution in [3.05, 3.63) is 23.8 Å². The van der Waals surface area contributed by atoms with E-state index in [2.05, 4.69) is 4.74 Å². The van der Waals surface area contributed by atoms with E-state index in [-0.39, 0.29) is 43.1 Å². The summed E-state index contributed by atoms with van der Waals surface area (Å²) in [6.07, 6.45) is 0.202. The quantitative estimate of drug-likeness (QED) is 0.770. The van der Waals surface area contributed by atoms with Gasteiger partial charge in [-0.05, 0) is 19.9 Å². The van der Waals surface area contributed by atoms with Gasteiger partial charge in [0, 0.05) is 37.5 Å². The first kappa shape index (κ1) is 17.6. The van der Waals surface area contributed by atoms with Crippen LogP contribution in [0.4, 0.5) is 4.79 Å². The number of ether oxygens (including phenoxy) is 3. The van der Waals surface area contributed by atoms with Gasteiger partial charge in [0.2, 0.25) is 0 Å². The maximum absolute atomic E-state index is 12.3. The predicted molar refractivity (Wildman–Crippen MR) is 93.5 cm³/mol. The third kappa shape index (κ3) is 3.43. The van der Waals surface area contributed by atoms with Gasteiger partial charge in [-0.1, -0.05) is 12.1 Å². The first-order valence-corrected chi connectivity index (χ1v) is 9.01. The molecule has 0 unspecified atom stereocenters. The molecule has 4 rings (SSSR count). The van der Waals surface area contributed by atoms with Crippen molar-refractivity contribution < 1.29 is 28.6 Å². The SMILES string of the molecule is CC1(C)Cc2cccc(OCC(=O)N3CC(CN4C(=O)COC4=O)C3)c2O1. The zero-order valence-corrected chi connectivity index (χ0v) is 15.4. The number of carbonyl (C=O) groups excluding carboxylic acids is 3. The molecular formula is C19H22N2O6. The molecule has 0 N–H and O–H groups in total. The summed E-state index contributed by atoms with van der Waals surface area (Å²) in [6.45, 7) is 5.05. The number of rotatable bonds is 5. The summed E-state index contributed by atoms with van der Waals surface area (Å²) in [5, 5.41) is 0. The van der Waals surface area contributed by atoms with E-state index in [1.807, 2.05) is 26.0 Å². The van der Waals surface area contributed by atoms with Crippen LogP contribution in [0, 0.1) is 5.92 Å². The molecule has 144 valence electrons. The fourth-order valence-corrected chi connectivity index (χ4v) is 3.64. The molecule has 8 heteroatoms. The molecule has 3 heterocycles. The fraction of sp³-hybridized carbons (Fsp3) is 0.526. The van der Waals surface area contributed by atoms with E-state index in [0.29, 0.717) is 24.6 Å². The minimum atomic E-state index is -0.603. The Hall–Kier alpha value is -2.77. The van der Waals surface area contributed by atoms with E-state index < -0.39 is 6.09 Å². The summed E-state index contributed by atoms with van der Waals surface area (Å²) < 4.78 is 16.3. The normalized spacial score (nSPS) is 20.8. The van der Waals surface area contributed by atoms with Crippen LogP contribution in [0.15, 0.2) is 18.2 Å². The highest BCUT2D eigenvalue weighted by Crippen LogP contribution is 2.41. The first-order chi connectivity index (χ1) is 12.8. The standard InChI is InChI=1S/C19H22N2O6/c1-19(2)6-13-4-3-5-14(17(13)27-19)25-10-15(22)20-7-12(8-20)9-21-16(23)11-26-18(21)24/h3-5,12H,6-11H2,1-2H3. The highest BCUT2D eigenvalue weighted by Gasteiger charge is 2.38. The zero-order chi connectivity index (χ0) is 19.2. The maximum atomic E-state index is 12.3. The molecule has 3 aliphatic heterocycles. The van der Waals surface area contributed by atoms with Crippen LogP contribution in [0.5, 0.6) is 11.5 Å². The van der Waals surface area contributed by atoms with E-state index in [0.717, 1.165) is 16.9 Å². The first-order valence-electron chi connectivity index (χ1n) is 9.01. The van der Waals surface area contributed by atoms with Gasteiger partial charge in [0.05, 0.1) is 0 Å². The van der Waals surface area contributed by atoms with Crippen molar-refractivity contribution in [1.82, 2.24) is 9.80 Å². The average Bonchev–Trinajstić information content (AvgIpc) is 3.06. The van der Waals surface area contributed by atoms with Crippen LogP contribution in [0.1, 0.15) is 19.4 Å². The third-order valence-corrected chi connectivity index (χ3v) is 5.00. The third-order valence-electron chi connectivity index (χ3n) is 5.00. The molecule has 3 amide bonds. The number of para-hydroxylation sites is 1. The second kappa shape index (κ2) is 6.44. The van der Waals surface area contributed by atoms with Gasteiger partial charge in [-0.25, -0.2) is 9.69 Å². The van der Waals surface area contributed by atoms with Crippen LogP contribution in [0.3, 0.4) is 0 Å². The van der Waals surface area contributed by atoms with Gasteiger partial charge in [-0.15, -0.1) is 0 Å². The molecule has 2 fully saturated rings. The van der Waals surface area contributed by atoms with Gasteiger partial charge in [0.1, 0.15) is 5.60 Å². The van der Waals surface area contributed by atoms with Crippen LogP contribution in [-0.4, -0.2) is 66.2 Å². The molecule has 2 saturated heterocycles. The summed E-state index contributed by atoms with van der Waals surface area (Å²) in [6, 6.07) is 5.70. The molecule has 0 spiro atoms. The minimum Gasteiger partial charge on any atom is -0.483 e. The summed E-state index contributed by atoms with van der Waals surface area (Å²) in [5.41, 5.74) is 0.807. The van der Waals surface area contributed by atoms with Crippen LogP contribution in [-0.2, 0) is 20.7 Å². The van der Waals surface area contributed by atoms with E-state index in [9.17, 15) is 14.4 Å². The van der Waals surface area contributed by atoms with Crippen molar-refractivity contribution >= 4 is 17.9 Å². The van der Waals surface area contributed by atoms with E-state index in [4.69, 9.17) is 9.47 Å². The van der Waals surface area contributed by atoms with Gasteiger partial charge in [0.25, 0.3) is 11.8 Å². The van der Waals surface area contributed by atoms with Crippen LogP contribution >= 0.6 is 0 Å². The molecule has 27 heavy (non-hydrogen) atoms. The fourth-order valence-electron chi connectivity index (χ4n) is 3.64. The number of imide groups is 1. The number of benzene rings is 1. The Bertz CT molecular complexity index is 783. The molecule has 1 aromatic rings. The van der Waals surface area contributed by atoms with Crippen molar-refractivity contribution in [2.75, 3.05) is 32.8 Å². The van der Waals surface area contributed by atoms with Gasteiger partial charge in [-0.2, -0.15) is 0 Å². The minimum absolute atomic E-state index is 0.0718. The summed E-state index contributed by atoms with van der Waals surface area (Å²) in [7, 11) is 0. The van der Waals surface area contributed by atoms with Crippen LogP contribution in [0.2, 0.25) is 0 Å². The van der Waals surface area contributed by atoms with Crippen LogP contribution in [0.25, 0.3) is 0 Å². The summed E-state index contributed by atoms with van der Waals surface area (Å²) in [5.74, 6) is 0.913. The van der Waals surface area contributed by atoms with Gasteiger partial charge < -0.3 is 19.1 Å². The highest BCUT2D eigenvalue weighted by atomic mass is 16.6. The number of likely N-dealkylation sites (tertiary alicyclic amines) is 1. The molecular weight excluding hydrogens is 352 g/mol. The number of amides is 3. The smallest absolute Gasteiger partial charge is 0.417 e. The molecule has 8 nitrogen and oxygen atoms in total. The second-order valence-electron chi connectivity index (χ2n) is 7.80. The number of fused-ring (bicyclic) bond motifs is 1. The number of carbonyl (C=O) groups is 3. The van der Waals surface area contributed by atoms with Crippen molar-refractivity contribution in [3.8, 4) is 11.5 Å². The Morgan fingerprint density at radius 2 is 2.07 bits per heavy atom. The van der Waals surface area contributed by atoms with E-state index in [1.54, 1.807) is 11.0 Å². The van der Waals surface area contributed by atoms with E-state index in [1.165, 1.54) is 0 Å². The lowest BCUT2D eigenvalue weighted by Crippen LogP contribution is -2.55. The molecule has 0 aromatic heterocycles. The Morgan fingerprint density at radius 3 is 2.78 bits per heavy atom. The summed E-state index contributed by atoms with van der Waals surface area (Å²) >= 11 is 0. The molecule has 0 atom stereocenters. The molecule has 3 aliphatic rings. The predicted octanol–water partition coefficient (Wildman–Crippen LogP) is 1.22. The van der Waals surface area contributed by atoms with Crippen molar-refractivity contribution in [2.45, 2.75) is 25.9 Å². The Kier molecular flexibility index (Phi) is 4.20. The number of cyclic esters (lactones) is 1. The van der Waals surface area contributed by atoms with Crippen LogP contribution < -0.4 is 9.47 Å². The molecule has 1 aromatic carbocycles. The lowest BCUT2D eigenvalue weighted by Gasteiger charge is -2.40. The number of nitrogens with zero attached hydrogens (tertiary/aromatic N) is 2. The van der Waals surface area contributed by atoms with Crippen molar-refractivity contribution in [3.63, 3.8) is 0 Å². The molecule has 0 radical (unpaired) electrons. The Balaban J connectivity index is 1.27. The lowest BCUT2D eigenvalue weighted by molar-refractivity contribution is -0.140. The van der Waals surface area contributed by atoms with Gasteiger partial charge in [-0.3, -0.25) is 9.59 Å².